The van der Waals surface area contributed by atoms with E-state index in [0.29, 0.717) is 6.04 Å². The molecule has 0 amide bonds. The molecule has 0 unspecified atom stereocenters. The lowest BCUT2D eigenvalue weighted by molar-refractivity contribution is 0.457. The summed E-state index contributed by atoms with van der Waals surface area (Å²) in [5.41, 5.74) is 3.49. The van der Waals surface area contributed by atoms with Crippen molar-refractivity contribution in [2.75, 3.05) is 0 Å². The number of aromatic nitrogens is 2. The SMILES string of the molecule is CCc1nnc(C)cc1CNC1CCCCCC1. The second-order valence-corrected chi connectivity index (χ2v) is 5.38. The Hall–Kier alpha value is -0.960. The van der Waals surface area contributed by atoms with Gasteiger partial charge in [0.25, 0.3) is 0 Å². The van der Waals surface area contributed by atoms with Crippen LogP contribution in [0, 0.1) is 6.92 Å². The summed E-state index contributed by atoms with van der Waals surface area (Å²) in [6.07, 6.45) is 9.22. The molecule has 1 aromatic rings. The molecule has 0 aromatic carbocycles. The largest absolute Gasteiger partial charge is 0.310 e. The fourth-order valence-electron chi connectivity index (χ4n) is 2.76. The quantitative estimate of drug-likeness (QED) is 0.831. The Morgan fingerprint density at radius 1 is 1.17 bits per heavy atom. The highest BCUT2D eigenvalue weighted by molar-refractivity contribution is 5.20. The highest BCUT2D eigenvalue weighted by Crippen LogP contribution is 2.18. The average Bonchev–Trinajstić information content (AvgIpc) is 2.65. The molecule has 0 radical (unpaired) electrons. The third kappa shape index (κ3) is 3.77. The van der Waals surface area contributed by atoms with Crippen LogP contribution in [0.25, 0.3) is 0 Å². The van der Waals surface area contributed by atoms with Gasteiger partial charge in [-0.1, -0.05) is 32.6 Å². The third-order valence-corrected chi connectivity index (χ3v) is 3.85. The monoisotopic (exact) mass is 247 g/mol. The fraction of sp³-hybridized carbons (Fsp3) is 0.733. The Morgan fingerprint density at radius 2 is 1.89 bits per heavy atom. The van der Waals surface area contributed by atoms with Gasteiger partial charge in [-0.3, -0.25) is 0 Å². The van der Waals surface area contributed by atoms with Crippen LogP contribution in [-0.2, 0) is 13.0 Å². The van der Waals surface area contributed by atoms with Crippen molar-refractivity contribution in [2.24, 2.45) is 0 Å². The minimum absolute atomic E-state index is 0.700. The molecule has 1 saturated carbocycles. The van der Waals surface area contributed by atoms with Crippen molar-refractivity contribution in [2.45, 2.75) is 71.4 Å². The van der Waals surface area contributed by atoms with E-state index in [9.17, 15) is 0 Å². The molecule has 0 saturated heterocycles. The van der Waals surface area contributed by atoms with Crippen LogP contribution in [0.5, 0.6) is 0 Å². The Balaban J connectivity index is 1.94. The van der Waals surface area contributed by atoms with E-state index in [1.165, 1.54) is 44.1 Å². The molecule has 2 rings (SSSR count). The predicted molar refractivity (Wildman–Crippen MR) is 74.5 cm³/mol. The van der Waals surface area contributed by atoms with E-state index < -0.39 is 0 Å². The maximum Gasteiger partial charge on any atom is 0.0673 e. The molecule has 0 aliphatic heterocycles. The number of rotatable bonds is 4. The minimum Gasteiger partial charge on any atom is -0.310 e. The van der Waals surface area contributed by atoms with Crippen LogP contribution >= 0.6 is 0 Å². The van der Waals surface area contributed by atoms with Crippen molar-refractivity contribution in [1.29, 1.82) is 0 Å². The first-order valence-corrected chi connectivity index (χ1v) is 7.35. The van der Waals surface area contributed by atoms with Crippen LogP contribution in [-0.4, -0.2) is 16.2 Å². The molecular weight excluding hydrogens is 222 g/mol. The van der Waals surface area contributed by atoms with Gasteiger partial charge in [0.1, 0.15) is 0 Å². The van der Waals surface area contributed by atoms with Crippen molar-refractivity contribution in [1.82, 2.24) is 15.5 Å². The molecule has 3 nitrogen and oxygen atoms in total. The number of nitrogens with one attached hydrogen (secondary N) is 1. The summed E-state index contributed by atoms with van der Waals surface area (Å²) in [5.74, 6) is 0. The van der Waals surface area contributed by atoms with Gasteiger partial charge in [0, 0.05) is 12.6 Å². The maximum absolute atomic E-state index is 4.29. The molecule has 1 fully saturated rings. The minimum atomic E-state index is 0.700. The summed E-state index contributed by atoms with van der Waals surface area (Å²) >= 11 is 0. The summed E-state index contributed by atoms with van der Waals surface area (Å²) < 4.78 is 0. The van der Waals surface area contributed by atoms with Crippen LogP contribution < -0.4 is 5.32 Å². The molecule has 0 bridgehead atoms. The number of hydrogen-bond donors (Lipinski definition) is 1. The van der Waals surface area contributed by atoms with Crippen LogP contribution in [0.1, 0.15) is 62.4 Å². The van der Waals surface area contributed by atoms with Crippen molar-refractivity contribution in [3.63, 3.8) is 0 Å². The summed E-state index contributed by atoms with van der Waals surface area (Å²) in [7, 11) is 0. The predicted octanol–water partition coefficient (Wildman–Crippen LogP) is 3.16. The van der Waals surface area contributed by atoms with Crippen LogP contribution in [0.4, 0.5) is 0 Å². The van der Waals surface area contributed by atoms with E-state index in [0.717, 1.165) is 24.4 Å². The number of nitrogens with zero attached hydrogens (tertiary/aromatic N) is 2. The molecule has 0 spiro atoms. The highest BCUT2D eigenvalue weighted by Gasteiger charge is 2.12. The summed E-state index contributed by atoms with van der Waals surface area (Å²) in [4.78, 5) is 0. The van der Waals surface area contributed by atoms with E-state index in [1.54, 1.807) is 0 Å². The smallest absolute Gasteiger partial charge is 0.0673 e. The van der Waals surface area contributed by atoms with E-state index in [1.807, 2.05) is 6.92 Å². The van der Waals surface area contributed by atoms with Crippen LogP contribution in [0.3, 0.4) is 0 Å². The summed E-state index contributed by atoms with van der Waals surface area (Å²) in [5, 5.41) is 12.1. The maximum atomic E-state index is 4.29. The Labute approximate surface area is 110 Å². The molecule has 1 N–H and O–H groups in total. The van der Waals surface area contributed by atoms with Crippen LogP contribution in [0.15, 0.2) is 6.07 Å². The van der Waals surface area contributed by atoms with Crippen molar-refractivity contribution in [3.8, 4) is 0 Å². The standard InChI is InChI=1S/C15H25N3/c1-3-15-13(10-12(2)17-18-15)11-16-14-8-6-4-5-7-9-14/h10,14,16H,3-9,11H2,1-2H3. The average molecular weight is 247 g/mol. The van der Waals surface area contributed by atoms with E-state index >= 15 is 0 Å². The molecule has 1 aliphatic carbocycles. The fourth-order valence-corrected chi connectivity index (χ4v) is 2.76. The lowest BCUT2D eigenvalue weighted by atomic mass is 10.1. The van der Waals surface area contributed by atoms with E-state index in [2.05, 4.69) is 28.5 Å². The Bertz CT molecular complexity index is 368. The normalized spacial score (nSPS) is 17.7. The first-order valence-electron chi connectivity index (χ1n) is 7.35. The molecular formula is C15H25N3. The Morgan fingerprint density at radius 3 is 2.56 bits per heavy atom. The van der Waals surface area contributed by atoms with Crippen molar-refractivity contribution in [3.05, 3.63) is 23.0 Å². The van der Waals surface area contributed by atoms with Gasteiger partial charge in [-0.15, -0.1) is 0 Å². The van der Waals surface area contributed by atoms with Crippen molar-refractivity contribution >= 4 is 0 Å². The first kappa shape index (κ1) is 13.5. The summed E-state index contributed by atoms with van der Waals surface area (Å²) in [6, 6.07) is 2.88. The molecule has 1 aromatic heterocycles. The van der Waals surface area contributed by atoms with E-state index in [4.69, 9.17) is 0 Å². The zero-order valence-electron chi connectivity index (χ0n) is 11.7. The first-order chi connectivity index (χ1) is 8.79. The topological polar surface area (TPSA) is 37.8 Å². The zero-order chi connectivity index (χ0) is 12.8. The highest BCUT2D eigenvalue weighted by atomic mass is 15.1. The van der Waals surface area contributed by atoms with Crippen molar-refractivity contribution < 1.29 is 0 Å². The lowest BCUT2D eigenvalue weighted by Crippen LogP contribution is -2.28. The third-order valence-electron chi connectivity index (χ3n) is 3.85. The van der Waals surface area contributed by atoms with Gasteiger partial charge in [-0.25, -0.2) is 0 Å². The molecule has 3 heteroatoms. The molecule has 1 heterocycles. The molecule has 0 atom stereocenters. The zero-order valence-corrected chi connectivity index (χ0v) is 11.7. The summed E-state index contributed by atoms with van der Waals surface area (Å²) in [6.45, 7) is 5.11. The molecule has 100 valence electrons. The number of hydrogen-bond acceptors (Lipinski definition) is 3. The van der Waals surface area contributed by atoms with Gasteiger partial charge in [-0.05, 0) is 37.8 Å². The van der Waals surface area contributed by atoms with Crippen LogP contribution in [0.2, 0.25) is 0 Å². The second kappa shape index (κ2) is 6.83. The van der Waals surface area contributed by atoms with Gasteiger partial charge in [0.05, 0.1) is 11.4 Å². The lowest BCUT2D eigenvalue weighted by Gasteiger charge is -2.17. The molecule has 18 heavy (non-hydrogen) atoms. The molecule has 1 aliphatic rings. The van der Waals surface area contributed by atoms with Gasteiger partial charge < -0.3 is 5.32 Å². The van der Waals surface area contributed by atoms with Gasteiger partial charge >= 0.3 is 0 Å². The second-order valence-electron chi connectivity index (χ2n) is 5.38. The Kier molecular flexibility index (Phi) is 5.12. The van der Waals surface area contributed by atoms with Gasteiger partial charge in [0.15, 0.2) is 0 Å². The van der Waals surface area contributed by atoms with Gasteiger partial charge in [-0.2, -0.15) is 10.2 Å². The van der Waals surface area contributed by atoms with E-state index in [-0.39, 0.29) is 0 Å². The number of aryl methyl sites for hydroxylation is 2. The van der Waals surface area contributed by atoms with Gasteiger partial charge in [0.2, 0.25) is 0 Å².